The number of carbonyl (C=O) groups excluding carboxylic acids is 1. The van der Waals surface area contributed by atoms with Crippen LogP contribution in [0.1, 0.15) is 21.5 Å². The SMILES string of the molecule is COc1ccc(OC)c(C=NNC(=O)c2ccc(NS(=O)(=O)c3ccc(C)cc3)cc2)c1. The van der Waals surface area contributed by atoms with E-state index in [-0.39, 0.29) is 4.90 Å². The van der Waals surface area contributed by atoms with Gasteiger partial charge in [0.15, 0.2) is 0 Å². The van der Waals surface area contributed by atoms with E-state index < -0.39 is 15.9 Å². The molecule has 0 spiro atoms. The number of nitrogens with zero attached hydrogens (tertiary/aromatic N) is 1. The van der Waals surface area contributed by atoms with Crippen molar-refractivity contribution in [3.05, 3.63) is 83.4 Å². The smallest absolute Gasteiger partial charge is 0.271 e. The summed E-state index contributed by atoms with van der Waals surface area (Å²) in [5, 5.41) is 3.96. The highest BCUT2D eigenvalue weighted by Gasteiger charge is 2.14. The molecule has 9 heteroatoms. The fourth-order valence-corrected chi connectivity index (χ4v) is 3.85. The molecular formula is C23H23N3O5S. The summed E-state index contributed by atoms with van der Waals surface area (Å²) in [7, 11) is -0.632. The Kier molecular flexibility index (Phi) is 7.11. The summed E-state index contributed by atoms with van der Waals surface area (Å²) in [6.07, 6.45) is 1.45. The van der Waals surface area contributed by atoms with Crippen LogP contribution in [0.15, 0.2) is 76.7 Å². The van der Waals surface area contributed by atoms with Gasteiger partial charge in [-0.1, -0.05) is 17.7 Å². The van der Waals surface area contributed by atoms with Crippen LogP contribution in [0.3, 0.4) is 0 Å². The van der Waals surface area contributed by atoms with Gasteiger partial charge in [0.25, 0.3) is 15.9 Å². The maximum absolute atomic E-state index is 12.5. The molecule has 3 rings (SSSR count). The molecule has 0 aliphatic heterocycles. The second-order valence-corrected chi connectivity index (χ2v) is 8.49. The molecule has 0 heterocycles. The molecule has 0 aromatic heterocycles. The number of amides is 1. The minimum absolute atomic E-state index is 0.159. The molecule has 0 fully saturated rings. The molecule has 8 nitrogen and oxygen atoms in total. The largest absolute Gasteiger partial charge is 0.497 e. The first-order chi connectivity index (χ1) is 15.3. The van der Waals surface area contributed by atoms with Crippen molar-refractivity contribution in [3.8, 4) is 11.5 Å². The Hall–Kier alpha value is -3.85. The molecule has 0 aliphatic carbocycles. The number of ether oxygens (including phenoxy) is 2. The Morgan fingerprint density at radius 3 is 2.25 bits per heavy atom. The summed E-state index contributed by atoms with van der Waals surface area (Å²) in [5.41, 5.74) is 4.68. The van der Waals surface area contributed by atoms with Gasteiger partial charge in [0.1, 0.15) is 11.5 Å². The number of carbonyl (C=O) groups is 1. The minimum atomic E-state index is -3.72. The van der Waals surface area contributed by atoms with Gasteiger partial charge in [0, 0.05) is 16.8 Å². The number of hydrogen-bond donors (Lipinski definition) is 2. The van der Waals surface area contributed by atoms with Crippen LogP contribution >= 0.6 is 0 Å². The Balaban J connectivity index is 1.65. The van der Waals surface area contributed by atoms with Crippen LogP contribution in [0.5, 0.6) is 11.5 Å². The topological polar surface area (TPSA) is 106 Å². The van der Waals surface area contributed by atoms with Crippen LogP contribution in [0.25, 0.3) is 0 Å². The van der Waals surface area contributed by atoms with Crippen LogP contribution in [0.4, 0.5) is 5.69 Å². The second kappa shape index (κ2) is 9.97. The van der Waals surface area contributed by atoms with Crippen molar-refractivity contribution in [2.45, 2.75) is 11.8 Å². The third-order valence-corrected chi connectivity index (χ3v) is 5.93. The van der Waals surface area contributed by atoms with E-state index in [4.69, 9.17) is 9.47 Å². The molecule has 0 saturated carbocycles. The first-order valence-electron chi connectivity index (χ1n) is 9.57. The summed E-state index contributed by atoms with van der Waals surface area (Å²) in [6.45, 7) is 1.88. The van der Waals surface area contributed by atoms with Gasteiger partial charge >= 0.3 is 0 Å². The van der Waals surface area contributed by atoms with Gasteiger partial charge in [-0.3, -0.25) is 9.52 Å². The highest BCUT2D eigenvalue weighted by Crippen LogP contribution is 2.22. The van der Waals surface area contributed by atoms with E-state index in [2.05, 4.69) is 15.2 Å². The zero-order chi connectivity index (χ0) is 23.1. The summed E-state index contributed by atoms with van der Waals surface area (Å²) < 4.78 is 37.9. The van der Waals surface area contributed by atoms with E-state index in [1.165, 1.54) is 49.7 Å². The molecule has 2 N–H and O–H groups in total. The van der Waals surface area contributed by atoms with E-state index in [0.717, 1.165) is 5.56 Å². The number of rotatable bonds is 8. The molecule has 0 saturated heterocycles. The average Bonchev–Trinajstić information content (AvgIpc) is 2.79. The van der Waals surface area contributed by atoms with Crippen molar-refractivity contribution in [2.24, 2.45) is 5.10 Å². The standard InChI is InChI=1S/C23H23N3O5S/c1-16-4-11-21(12-5-16)32(28,29)26-19-8-6-17(7-9-19)23(27)25-24-15-18-14-20(30-2)10-13-22(18)31-3/h4-15,26H,1-3H3,(H,25,27). The minimum Gasteiger partial charge on any atom is -0.497 e. The fraction of sp³-hybridized carbons (Fsp3) is 0.130. The normalized spacial score (nSPS) is 11.2. The Labute approximate surface area is 186 Å². The molecule has 0 bridgehead atoms. The van der Waals surface area contributed by atoms with E-state index in [1.54, 1.807) is 37.4 Å². The van der Waals surface area contributed by atoms with Crippen LogP contribution in [0, 0.1) is 6.92 Å². The van der Waals surface area contributed by atoms with Crippen LogP contribution in [-0.4, -0.2) is 34.8 Å². The molecular weight excluding hydrogens is 430 g/mol. The van der Waals surface area contributed by atoms with Crippen molar-refractivity contribution in [1.82, 2.24) is 5.43 Å². The van der Waals surface area contributed by atoms with E-state index in [0.29, 0.717) is 28.3 Å². The number of methoxy groups -OCH3 is 2. The number of nitrogens with one attached hydrogen (secondary N) is 2. The van der Waals surface area contributed by atoms with Gasteiger partial charge in [0.05, 0.1) is 25.3 Å². The second-order valence-electron chi connectivity index (χ2n) is 6.80. The van der Waals surface area contributed by atoms with Gasteiger partial charge in [-0.2, -0.15) is 5.10 Å². The lowest BCUT2D eigenvalue weighted by molar-refractivity contribution is 0.0955. The third-order valence-electron chi connectivity index (χ3n) is 4.54. The van der Waals surface area contributed by atoms with Crippen LogP contribution in [0.2, 0.25) is 0 Å². The molecule has 0 unspecified atom stereocenters. The predicted octanol–water partition coefficient (Wildman–Crippen LogP) is 3.58. The number of anilines is 1. The Bertz CT molecular complexity index is 1220. The zero-order valence-corrected chi connectivity index (χ0v) is 18.6. The summed E-state index contributed by atoms with van der Waals surface area (Å²) in [6, 6.07) is 17.8. The van der Waals surface area contributed by atoms with Crippen LogP contribution in [-0.2, 0) is 10.0 Å². The Morgan fingerprint density at radius 1 is 0.938 bits per heavy atom. The van der Waals surface area contributed by atoms with Crippen molar-refractivity contribution >= 4 is 27.8 Å². The lowest BCUT2D eigenvalue weighted by atomic mass is 10.2. The molecule has 3 aromatic rings. The van der Waals surface area contributed by atoms with E-state index >= 15 is 0 Å². The molecule has 3 aromatic carbocycles. The highest BCUT2D eigenvalue weighted by molar-refractivity contribution is 7.92. The number of sulfonamides is 1. The van der Waals surface area contributed by atoms with Crippen molar-refractivity contribution in [1.29, 1.82) is 0 Å². The lowest BCUT2D eigenvalue weighted by Crippen LogP contribution is -2.18. The van der Waals surface area contributed by atoms with E-state index in [1.807, 2.05) is 6.92 Å². The van der Waals surface area contributed by atoms with E-state index in [9.17, 15) is 13.2 Å². The van der Waals surface area contributed by atoms with Crippen molar-refractivity contribution in [2.75, 3.05) is 18.9 Å². The van der Waals surface area contributed by atoms with Gasteiger partial charge in [-0.05, 0) is 61.5 Å². The third kappa shape index (κ3) is 5.64. The first kappa shape index (κ1) is 22.8. The average molecular weight is 454 g/mol. The van der Waals surface area contributed by atoms with Gasteiger partial charge in [0.2, 0.25) is 0 Å². The molecule has 0 atom stereocenters. The number of hydrogen-bond acceptors (Lipinski definition) is 6. The van der Waals surface area contributed by atoms with Gasteiger partial charge < -0.3 is 9.47 Å². The maximum atomic E-state index is 12.5. The maximum Gasteiger partial charge on any atom is 0.271 e. The van der Waals surface area contributed by atoms with Gasteiger partial charge in [-0.15, -0.1) is 0 Å². The number of benzene rings is 3. The molecule has 0 aliphatic rings. The monoisotopic (exact) mass is 453 g/mol. The molecule has 32 heavy (non-hydrogen) atoms. The molecule has 0 radical (unpaired) electrons. The quantitative estimate of drug-likeness (QED) is 0.401. The summed E-state index contributed by atoms with van der Waals surface area (Å²) in [4.78, 5) is 12.5. The fourth-order valence-electron chi connectivity index (χ4n) is 2.79. The lowest BCUT2D eigenvalue weighted by Gasteiger charge is -2.09. The number of aryl methyl sites for hydroxylation is 1. The Morgan fingerprint density at radius 2 is 1.62 bits per heavy atom. The van der Waals surface area contributed by atoms with Crippen molar-refractivity contribution in [3.63, 3.8) is 0 Å². The predicted molar refractivity (Wildman–Crippen MR) is 123 cm³/mol. The molecule has 1 amide bonds. The number of hydrazone groups is 1. The summed E-state index contributed by atoms with van der Waals surface area (Å²) in [5.74, 6) is 0.757. The molecule has 166 valence electrons. The van der Waals surface area contributed by atoms with Crippen LogP contribution < -0.4 is 19.6 Å². The highest BCUT2D eigenvalue weighted by atomic mass is 32.2. The summed E-state index contributed by atoms with van der Waals surface area (Å²) >= 11 is 0. The first-order valence-corrected chi connectivity index (χ1v) is 11.1. The zero-order valence-electron chi connectivity index (χ0n) is 17.8. The van der Waals surface area contributed by atoms with Gasteiger partial charge in [-0.25, -0.2) is 13.8 Å². The van der Waals surface area contributed by atoms with Crippen molar-refractivity contribution < 1.29 is 22.7 Å².